The number of ketones is 1. The van der Waals surface area contributed by atoms with Crippen molar-refractivity contribution in [1.82, 2.24) is 4.98 Å². The minimum atomic E-state index is -2.03. The van der Waals surface area contributed by atoms with Gasteiger partial charge < -0.3 is 29.5 Å². The van der Waals surface area contributed by atoms with Gasteiger partial charge in [0.05, 0.1) is 28.1 Å². The molecule has 1 saturated heterocycles. The Kier molecular flexibility index (Phi) is 6.53. The molecule has 10 atom stereocenters. The predicted molar refractivity (Wildman–Crippen MR) is 160 cm³/mol. The molecule has 3 N–H and O–H groups in total. The first-order valence-corrected chi connectivity index (χ1v) is 16.1. The van der Waals surface area contributed by atoms with Crippen LogP contribution in [0, 0.1) is 29.6 Å². The number of aromatic nitrogens is 1. The van der Waals surface area contributed by atoms with Gasteiger partial charge in [-0.25, -0.2) is 9.59 Å². The van der Waals surface area contributed by atoms with Crippen LogP contribution in [0.15, 0.2) is 41.6 Å². The predicted octanol–water partition coefficient (Wildman–Crippen LogP) is 3.29. The van der Waals surface area contributed by atoms with Crippen molar-refractivity contribution in [2.45, 2.75) is 114 Å². The monoisotopic (exact) mass is 621 g/mol. The number of hydrogen-bond donors (Lipinski definition) is 3. The quantitative estimate of drug-likeness (QED) is 0.329. The number of nitrogens with zero attached hydrogens (tertiary/aromatic N) is 1. The molecular weight excluding hydrogens is 578 g/mol. The molecule has 0 bridgehead atoms. The van der Waals surface area contributed by atoms with Gasteiger partial charge in [-0.2, -0.15) is 0 Å². The summed E-state index contributed by atoms with van der Waals surface area (Å²) in [5, 5.41) is 38.4. The number of aliphatic hydroxyl groups is 3. The highest BCUT2D eigenvalue weighted by atomic mass is 16.6. The Balaban J connectivity index is 1.31. The summed E-state index contributed by atoms with van der Waals surface area (Å²) in [4.78, 5) is 44.0. The van der Waals surface area contributed by atoms with E-state index in [2.05, 4.69) is 4.98 Å². The van der Waals surface area contributed by atoms with Crippen LogP contribution in [0.2, 0.25) is 0 Å². The number of rotatable bonds is 5. The number of hydrogen-bond acceptors (Lipinski definition) is 10. The fraction of sp³-hybridized carbons (Fsp3) is 0.657. The van der Waals surface area contributed by atoms with E-state index in [0.717, 1.165) is 11.3 Å². The van der Waals surface area contributed by atoms with E-state index in [9.17, 15) is 29.7 Å². The molecule has 242 valence electrons. The number of esters is 2. The number of cyclic esters (lactones) is 1. The standard InChI is InChI=1S/C35H43NO9/c1-19-15-26(44-28(38)21(19)3)31(5,40)35(42)14-13-33(41)24-16-27-34(45-27)11-6-7-25(37)30(34,4)23(24)10-12-32(33,35)18-43-29(39)22-9-8-20(2)36-17-22/h6-9,17,23-24,26-27,40-42H,10-16,18H2,1-5H3/t23-,24+,26+,27+,30-,31-,32+,33+,34+,35+/m0/s1. The van der Waals surface area contributed by atoms with Crippen LogP contribution in [0.3, 0.4) is 0 Å². The van der Waals surface area contributed by atoms with E-state index < -0.39 is 57.2 Å². The fourth-order valence-corrected chi connectivity index (χ4v) is 10.3. The lowest BCUT2D eigenvalue weighted by Crippen LogP contribution is -2.75. The molecule has 6 aliphatic rings. The van der Waals surface area contributed by atoms with Crippen LogP contribution in [0.4, 0.5) is 0 Å². The van der Waals surface area contributed by atoms with Crippen LogP contribution in [-0.4, -0.2) is 79.2 Å². The van der Waals surface area contributed by atoms with Gasteiger partial charge in [0.25, 0.3) is 0 Å². The summed E-state index contributed by atoms with van der Waals surface area (Å²) in [6.45, 7) is 8.29. The molecule has 45 heavy (non-hydrogen) atoms. The molecule has 10 heteroatoms. The molecule has 7 rings (SSSR count). The van der Waals surface area contributed by atoms with E-state index >= 15 is 0 Å². The van der Waals surface area contributed by atoms with Crippen LogP contribution in [-0.2, 0) is 23.8 Å². The Morgan fingerprint density at radius 2 is 1.89 bits per heavy atom. The second-order valence-corrected chi connectivity index (χ2v) is 14.9. The number of carbonyl (C=O) groups is 3. The third-order valence-corrected chi connectivity index (χ3v) is 13.3. The molecule has 1 spiro atoms. The first-order valence-electron chi connectivity index (χ1n) is 16.1. The fourth-order valence-electron chi connectivity index (χ4n) is 10.3. The molecule has 4 aliphatic carbocycles. The third-order valence-electron chi connectivity index (χ3n) is 13.3. The van der Waals surface area contributed by atoms with Crippen LogP contribution in [0.1, 0.15) is 88.7 Å². The molecule has 1 aromatic rings. The molecule has 1 aromatic heterocycles. The highest BCUT2D eigenvalue weighted by molar-refractivity contribution is 5.98. The van der Waals surface area contributed by atoms with E-state index in [1.165, 1.54) is 13.1 Å². The summed E-state index contributed by atoms with van der Waals surface area (Å²) in [5.74, 6) is -1.98. The van der Waals surface area contributed by atoms with Crippen molar-refractivity contribution in [2.75, 3.05) is 6.61 Å². The largest absolute Gasteiger partial charge is 0.461 e. The van der Waals surface area contributed by atoms with Gasteiger partial charge in [-0.05, 0) is 103 Å². The normalized spacial score (nSPS) is 44.6. The molecule has 0 radical (unpaired) electrons. The Morgan fingerprint density at radius 3 is 2.58 bits per heavy atom. The molecule has 2 aliphatic heterocycles. The molecule has 4 fully saturated rings. The van der Waals surface area contributed by atoms with Gasteiger partial charge in [-0.1, -0.05) is 11.6 Å². The van der Waals surface area contributed by atoms with Gasteiger partial charge >= 0.3 is 11.9 Å². The smallest absolute Gasteiger partial charge is 0.339 e. The van der Waals surface area contributed by atoms with Crippen LogP contribution in [0.25, 0.3) is 0 Å². The average Bonchev–Trinajstić information content (AvgIpc) is 3.66. The number of epoxide rings is 1. The molecule has 3 saturated carbocycles. The Labute approximate surface area is 262 Å². The third kappa shape index (κ3) is 3.71. The number of allylic oxidation sites excluding steroid dienone is 1. The summed E-state index contributed by atoms with van der Waals surface area (Å²) < 4.78 is 18.0. The number of ether oxygens (including phenoxy) is 3. The summed E-state index contributed by atoms with van der Waals surface area (Å²) in [7, 11) is 0. The molecule has 0 unspecified atom stereocenters. The maximum atomic E-state index is 13.6. The van der Waals surface area contributed by atoms with Gasteiger partial charge in [0.2, 0.25) is 0 Å². The van der Waals surface area contributed by atoms with Crippen molar-refractivity contribution in [1.29, 1.82) is 0 Å². The number of carbonyl (C=O) groups excluding carboxylic acids is 3. The lowest BCUT2D eigenvalue weighted by Gasteiger charge is -2.64. The first-order chi connectivity index (χ1) is 21.1. The van der Waals surface area contributed by atoms with E-state index in [0.29, 0.717) is 24.8 Å². The van der Waals surface area contributed by atoms with Gasteiger partial charge in [-0.3, -0.25) is 9.78 Å². The van der Waals surface area contributed by atoms with E-state index in [1.807, 2.05) is 13.0 Å². The van der Waals surface area contributed by atoms with Crippen molar-refractivity contribution in [3.8, 4) is 0 Å². The minimum absolute atomic E-state index is 0.0210. The highest BCUT2D eigenvalue weighted by Gasteiger charge is 2.83. The second-order valence-electron chi connectivity index (χ2n) is 14.9. The lowest BCUT2D eigenvalue weighted by molar-refractivity contribution is -0.295. The highest BCUT2D eigenvalue weighted by Crippen LogP contribution is 2.75. The van der Waals surface area contributed by atoms with Crippen molar-refractivity contribution in [3.63, 3.8) is 0 Å². The maximum absolute atomic E-state index is 13.6. The van der Waals surface area contributed by atoms with Crippen LogP contribution < -0.4 is 0 Å². The minimum Gasteiger partial charge on any atom is -0.461 e. The van der Waals surface area contributed by atoms with Gasteiger partial charge in [0.15, 0.2) is 5.78 Å². The van der Waals surface area contributed by atoms with Crippen LogP contribution in [0.5, 0.6) is 0 Å². The SMILES string of the molecule is CC1=C(C)C(=O)O[C@@H]([C@](C)(O)[C@]2(O)CC[C@@]3(O)[C@@H]4C[C@H]5O[C@]56CC=CC(=O)[C@]6(C)[C@H]4CC[C@]23COC(=O)c2ccc(C)nc2)C1. The molecule has 10 nitrogen and oxygen atoms in total. The van der Waals surface area contributed by atoms with Crippen molar-refractivity contribution >= 4 is 17.7 Å². The summed E-state index contributed by atoms with van der Waals surface area (Å²) in [6.07, 6.45) is 5.58. The molecule has 0 amide bonds. The Bertz CT molecular complexity index is 1550. The van der Waals surface area contributed by atoms with Crippen LogP contribution >= 0.6 is 0 Å². The summed E-state index contributed by atoms with van der Waals surface area (Å²) >= 11 is 0. The van der Waals surface area contributed by atoms with E-state index in [4.69, 9.17) is 14.2 Å². The first kappa shape index (κ1) is 30.7. The Morgan fingerprint density at radius 1 is 1.13 bits per heavy atom. The average molecular weight is 622 g/mol. The van der Waals surface area contributed by atoms with Gasteiger partial charge in [0.1, 0.15) is 29.5 Å². The van der Waals surface area contributed by atoms with E-state index in [-0.39, 0.29) is 55.7 Å². The lowest BCUT2D eigenvalue weighted by atomic mass is 9.42. The van der Waals surface area contributed by atoms with Gasteiger partial charge in [-0.15, -0.1) is 0 Å². The topological polar surface area (TPSA) is 156 Å². The van der Waals surface area contributed by atoms with E-state index in [1.54, 1.807) is 39.0 Å². The van der Waals surface area contributed by atoms with Crippen molar-refractivity contribution in [2.24, 2.45) is 22.7 Å². The zero-order chi connectivity index (χ0) is 32.4. The van der Waals surface area contributed by atoms with Crippen molar-refractivity contribution in [3.05, 3.63) is 52.9 Å². The molecular formula is C35H43NO9. The zero-order valence-corrected chi connectivity index (χ0v) is 26.6. The Hall–Kier alpha value is -2.92. The number of pyridine rings is 1. The van der Waals surface area contributed by atoms with Crippen molar-refractivity contribution < 1.29 is 43.9 Å². The summed E-state index contributed by atoms with van der Waals surface area (Å²) in [6, 6.07) is 3.30. The van der Waals surface area contributed by atoms with Gasteiger partial charge in [0, 0.05) is 23.9 Å². The molecule has 3 heterocycles. The number of aryl methyl sites for hydroxylation is 1. The maximum Gasteiger partial charge on any atom is 0.339 e. The summed E-state index contributed by atoms with van der Waals surface area (Å²) in [5.41, 5.74) is -6.53. The molecule has 0 aromatic carbocycles. The second kappa shape index (κ2) is 9.56. The zero-order valence-electron chi connectivity index (χ0n) is 26.6. The number of fused-ring (bicyclic) bond motifs is 4.